The Morgan fingerprint density at radius 1 is 1.00 bits per heavy atom. The van der Waals surface area contributed by atoms with Crippen LogP contribution in [0.1, 0.15) is 12.8 Å². The van der Waals surface area contributed by atoms with Crippen LogP contribution in [0, 0.1) is 0 Å². The summed E-state index contributed by atoms with van der Waals surface area (Å²) in [6.07, 6.45) is -12.2. The first-order valence-electron chi connectivity index (χ1n) is 7.31. The van der Waals surface area contributed by atoms with Crippen LogP contribution in [0.25, 0.3) is 0 Å². The standard InChI is InChI=1S/C13H20F7NO3/c14-11(15,12(16,17)9-13(18,19)20)7-10(22)8-24-6-3-21-1-4-23-5-2-21/h10,22H,1-9H2. The highest BCUT2D eigenvalue weighted by Gasteiger charge is 2.61. The van der Waals surface area contributed by atoms with Crippen molar-refractivity contribution in [1.82, 2.24) is 4.90 Å². The van der Waals surface area contributed by atoms with Gasteiger partial charge in [0.25, 0.3) is 0 Å². The van der Waals surface area contributed by atoms with Crippen molar-refractivity contribution < 1.29 is 45.3 Å². The summed E-state index contributed by atoms with van der Waals surface area (Å²) in [5, 5.41) is 9.33. The molecule has 1 fully saturated rings. The van der Waals surface area contributed by atoms with Crippen molar-refractivity contribution in [1.29, 1.82) is 0 Å². The molecule has 0 aromatic carbocycles. The molecular formula is C13H20F7NO3. The zero-order valence-corrected chi connectivity index (χ0v) is 12.8. The quantitative estimate of drug-likeness (QED) is 0.499. The molecule has 1 atom stereocenters. The molecule has 1 rings (SSSR count). The monoisotopic (exact) mass is 371 g/mol. The molecule has 0 aromatic rings. The first-order chi connectivity index (χ1) is 10.9. The minimum Gasteiger partial charge on any atom is -0.390 e. The molecule has 24 heavy (non-hydrogen) atoms. The number of morpholine rings is 1. The predicted molar refractivity (Wildman–Crippen MR) is 69.3 cm³/mol. The van der Waals surface area contributed by atoms with Crippen LogP contribution in [0.15, 0.2) is 0 Å². The normalized spacial score (nSPS) is 19.5. The van der Waals surface area contributed by atoms with E-state index in [1.165, 1.54) is 0 Å². The molecule has 1 unspecified atom stereocenters. The maximum atomic E-state index is 13.3. The molecule has 1 aliphatic rings. The molecule has 144 valence electrons. The first kappa shape index (κ1) is 21.4. The molecule has 0 spiro atoms. The van der Waals surface area contributed by atoms with Gasteiger partial charge in [-0.3, -0.25) is 4.90 Å². The maximum Gasteiger partial charge on any atom is 0.395 e. The molecule has 1 saturated heterocycles. The highest BCUT2D eigenvalue weighted by Crippen LogP contribution is 2.44. The molecule has 1 N–H and O–H groups in total. The van der Waals surface area contributed by atoms with Gasteiger partial charge in [0.15, 0.2) is 0 Å². The van der Waals surface area contributed by atoms with Crippen LogP contribution in [-0.2, 0) is 9.47 Å². The fourth-order valence-electron chi connectivity index (χ4n) is 2.12. The molecule has 1 aliphatic heterocycles. The lowest BCUT2D eigenvalue weighted by atomic mass is 10.0. The Labute approximate surface area is 134 Å². The average molecular weight is 371 g/mol. The molecule has 0 radical (unpaired) electrons. The van der Waals surface area contributed by atoms with Crippen molar-refractivity contribution in [2.75, 3.05) is 46.1 Å². The van der Waals surface area contributed by atoms with Crippen molar-refractivity contribution in [2.24, 2.45) is 0 Å². The summed E-state index contributed by atoms with van der Waals surface area (Å²) in [6, 6.07) is 0. The molecule has 0 bridgehead atoms. The van der Waals surface area contributed by atoms with E-state index in [1.54, 1.807) is 0 Å². The Hall–Kier alpha value is -0.650. The summed E-state index contributed by atoms with van der Waals surface area (Å²) in [7, 11) is 0. The number of nitrogens with zero attached hydrogens (tertiary/aromatic N) is 1. The number of hydrogen-bond donors (Lipinski definition) is 1. The van der Waals surface area contributed by atoms with Gasteiger partial charge < -0.3 is 14.6 Å². The smallest absolute Gasteiger partial charge is 0.390 e. The third-order valence-electron chi connectivity index (χ3n) is 3.42. The summed E-state index contributed by atoms with van der Waals surface area (Å²) in [4.78, 5) is 1.96. The summed E-state index contributed by atoms with van der Waals surface area (Å²) in [5.41, 5.74) is 0. The predicted octanol–water partition coefficient (Wildman–Crippen LogP) is 2.31. The molecule has 0 aromatic heterocycles. The van der Waals surface area contributed by atoms with Crippen LogP contribution in [0.4, 0.5) is 30.7 Å². The van der Waals surface area contributed by atoms with Gasteiger partial charge in [-0.2, -0.15) is 30.7 Å². The Balaban J connectivity index is 2.32. The van der Waals surface area contributed by atoms with Gasteiger partial charge in [-0.15, -0.1) is 0 Å². The maximum absolute atomic E-state index is 13.3. The largest absolute Gasteiger partial charge is 0.395 e. The van der Waals surface area contributed by atoms with E-state index in [9.17, 15) is 35.8 Å². The fourth-order valence-corrected chi connectivity index (χ4v) is 2.12. The Morgan fingerprint density at radius 2 is 1.58 bits per heavy atom. The van der Waals surface area contributed by atoms with E-state index < -0.39 is 43.6 Å². The number of rotatable bonds is 9. The number of halogens is 7. The van der Waals surface area contributed by atoms with Gasteiger partial charge >= 0.3 is 18.0 Å². The van der Waals surface area contributed by atoms with E-state index in [0.29, 0.717) is 32.8 Å². The summed E-state index contributed by atoms with van der Waals surface area (Å²) in [5.74, 6) is -10.3. The molecule has 4 nitrogen and oxygen atoms in total. The van der Waals surface area contributed by atoms with Crippen LogP contribution in [0.5, 0.6) is 0 Å². The Morgan fingerprint density at radius 3 is 2.12 bits per heavy atom. The van der Waals surface area contributed by atoms with Crippen LogP contribution in [0.3, 0.4) is 0 Å². The van der Waals surface area contributed by atoms with E-state index in [0.717, 1.165) is 0 Å². The second-order valence-electron chi connectivity index (χ2n) is 5.59. The van der Waals surface area contributed by atoms with Gasteiger partial charge in [0, 0.05) is 26.1 Å². The topological polar surface area (TPSA) is 41.9 Å². The van der Waals surface area contributed by atoms with E-state index in [4.69, 9.17) is 9.47 Å². The molecule has 1 heterocycles. The minimum atomic E-state index is -5.44. The van der Waals surface area contributed by atoms with E-state index in [1.807, 2.05) is 4.90 Å². The number of ether oxygens (including phenoxy) is 2. The second kappa shape index (κ2) is 8.63. The molecule has 0 saturated carbocycles. The Bertz CT molecular complexity index is 373. The molecule has 11 heteroatoms. The zero-order chi connectivity index (χ0) is 18.4. The van der Waals surface area contributed by atoms with Gasteiger partial charge in [0.1, 0.15) is 6.42 Å². The lowest BCUT2D eigenvalue weighted by Crippen LogP contribution is -2.46. The van der Waals surface area contributed by atoms with E-state index in [2.05, 4.69) is 0 Å². The van der Waals surface area contributed by atoms with Crippen molar-refractivity contribution in [2.45, 2.75) is 37.0 Å². The lowest BCUT2D eigenvalue weighted by molar-refractivity contribution is -0.271. The number of alkyl halides is 7. The Kier molecular flexibility index (Phi) is 7.70. The first-order valence-corrected chi connectivity index (χ1v) is 7.31. The average Bonchev–Trinajstić information content (AvgIpc) is 2.41. The summed E-state index contributed by atoms with van der Waals surface area (Å²) < 4.78 is 98.5. The van der Waals surface area contributed by atoms with Crippen LogP contribution in [0.2, 0.25) is 0 Å². The molecule has 0 aliphatic carbocycles. The lowest BCUT2D eigenvalue weighted by Gasteiger charge is -2.29. The van der Waals surface area contributed by atoms with Gasteiger partial charge in [-0.1, -0.05) is 0 Å². The van der Waals surface area contributed by atoms with Crippen LogP contribution >= 0.6 is 0 Å². The minimum absolute atomic E-state index is 0.0710. The summed E-state index contributed by atoms with van der Waals surface area (Å²) in [6.45, 7) is 2.26. The van der Waals surface area contributed by atoms with Crippen molar-refractivity contribution in [3.63, 3.8) is 0 Å². The third kappa shape index (κ3) is 7.49. The number of aliphatic hydroxyl groups is 1. The molecule has 0 amide bonds. The van der Waals surface area contributed by atoms with E-state index in [-0.39, 0.29) is 6.61 Å². The van der Waals surface area contributed by atoms with E-state index >= 15 is 0 Å². The summed E-state index contributed by atoms with van der Waals surface area (Å²) >= 11 is 0. The second-order valence-corrected chi connectivity index (χ2v) is 5.59. The number of hydrogen-bond acceptors (Lipinski definition) is 4. The van der Waals surface area contributed by atoms with Crippen molar-refractivity contribution in [3.05, 3.63) is 0 Å². The zero-order valence-electron chi connectivity index (χ0n) is 12.8. The van der Waals surface area contributed by atoms with Crippen LogP contribution < -0.4 is 0 Å². The van der Waals surface area contributed by atoms with Crippen molar-refractivity contribution >= 4 is 0 Å². The van der Waals surface area contributed by atoms with Gasteiger partial charge in [0.2, 0.25) is 0 Å². The SMILES string of the molecule is OC(COCCN1CCOCC1)CC(F)(F)C(F)(F)CC(F)(F)F. The van der Waals surface area contributed by atoms with Gasteiger partial charge in [0.05, 0.1) is 32.5 Å². The highest BCUT2D eigenvalue weighted by atomic mass is 19.4. The van der Waals surface area contributed by atoms with Crippen LogP contribution in [-0.4, -0.2) is 80.2 Å². The van der Waals surface area contributed by atoms with Crippen molar-refractivity contribution in [3.8, 4) is 0 Å². The fraction of sp³-hybridized carbons (Fsp3) is 1.00. The molecular weight excluding hydrogens is 351 g/mol. The van der Waals surface area contributed by atoms with Gasteiger partial charge in [-0.25, -0.2) is 0 Å². The van der Waals surface area contributed by atoms with Gasteiger partial charge in [-0.05, 0) is 0 Å². The number of aliphatic hydroxyl groups excluding tert-OH is 1. The highest BCUT2D eigenvalue weighted by molar-refractivity contribution is 4.88. The third-order valence-corrected chi connectivity index (χ3v) is 3.42.